The average Bonchev–Trinajstić information content (AvgIpc) is 3.17. The van der Waals surface area contributed by atoms with Crippen LogP contribution in [0.2, 0.25) is 10.0 Å². The third-order valence-electron chi connectivity index (χ3n) is 3.76. The molecule has 0 aliphatic heterocycles. The zero-order valence-electron chi connectivity index (χ0n) is 14.6. The summed E-state index contributed by atoms with van der Waals surface area (Å²) in [4.78, 5) is 23.8. The molecule has 0 unspecified atom stereocenters. The molecule has 0 spiro atoms. The van der Waals surface area contributed by atoms with Gasteiger partial charge in [-0.1, -0.05) is 35.3 Å². The van der Waals surface area contributed by atoms with E-state index < -0.39 is 11.9 Å². The fraction of sp³-hybridized carbons (Fsp3) is 0.0500. The number of esters is 1. The maximum Gasteiger partial charge on any atom is 0.339 e. The molecule has 3 aromatic rings. The number of hydrogen-bond donors (Lipinski definition) is 1. The van der Waals surface area contributed by atoms with E-state index in [9.17, 15) is 9.59 Å². The lowest BCUT2D eigenvalue weighted by atomic mass is 10.1. The Balaban J connectivity index is 1.72. The van der Waals surface area contributed by atoms with Crippen LogP contribution in [0.15, 0.2) is 64.1 Å². The largest absolute Gasteiger partial charge is 0.465 e. The van der Waals surface area contributed by atoms with Crippen LogP contribution >= 0.6 is 23.2 Å². The smallest absolute Gasteiger partial charge is 0.339 e. The molecule has 6 nitrogen and oxygen atoms in total. The van der Waals surface area contributed by atoms with Crippen molar-refractivity contribution in [1.82, 2.24) is 5.43 Å². The van der Waals surface area contributed by atoms with Gasteiger partial charge in [-0.3, -0.25) is 4.79 Å². The van der Waals surface area contributed by atoms with Crippen molar-refractivity contribution in [2.24, 2.45) is 5.10 Å². The van der Waals surface area contributed by atoms with Gasteiger partial charge in [-0.15, -0.1) is 0 Å². The second-order valence-electron chi connectivity index (χ2n) is 5.57. The van der Waals surface area contributed by atoms with Gasteiger partial charge in [0.15, 0.2) is 0 Å². The predicted molar refractivity (Wildman–Crippen MR) is 107 cm³/mol. The number of nitrogens with one attached hydrogen (secondary N) is 1. The Morgan fingerprint density at radius 1 is 1.04 bits per heavy atom. The minimum atomic E-state index is -0.539. The van der Waals surface area contributed by atoms with Crippen LogP contribution in [0, 0.1) is 0 Å². The van der Waals surface area contributed by atoms with E-state index in [4.69, 9.17) is 32.4 Å². The van der Waals surface area contributed by atoms with E-state index in [2.05, 4.69) is 10.5 Å². The molecule has 28 heavy (non-hydrogen) atoms. The van der Waals surface area contributed by atoms with Crippen molar-refractivity contribution in [2.45, 2.75) is 0 Å². The van der Waals surface area contributed by atoms with Gasteiger partial charge in [0.2, 0.25) is 0 Å². The van der Waals surface area contributed by atoms with Crippen molar-refractivity contribution in [3.63, 3.8) is 0 Å². The molecular weight excluding hydrogens is 403 g/mol. The first-order chi connectivity index (χ1) is 13.5. The van der Waals surface area contributed by atoms with Crippen LogP contribution in [0.5, 0.6) is 0 Å². The number of benzene rings is 2. The third-order valence-corrected chi connectivity index (χ3v) is 4.42. The highest BCUT2D eigenvalue weighted by atomic mass is 35.5. The molecule has 0 radical (unpaired) electrons. The summed E-state index contributed by atoms with van der Waals surface area (Å²) in [6, 6.07) is 14.9. The molecular formula is C20H14Cl2N2O4. The highest BCUT2D eigenvalue weighted by Crippen LogP contribution is 2.27. The summed E-state index contributed by atoms with van der Waals surface area (Å²) < 4.78 is 10.4. The highest BCUT2D eigenvalue weighted by Gasteiger charge is 2.14. The topological polar surface area (TPSA) is 80.9 Å². The minimum absolute atomic E-state index is 0.236. The van der Waals surface area contributed by atoms with E-state index in [1.165, 1.54) is 13.3 Å². The van der Waals surface area contributed by atoms with Gasteiger partial charge >= 0.3 is 5.97 Å². The molecule has 3 rings (SSSR count). The van der Waals surface area contributed by atoms with Crippen molar-refractivity contribution in [2.75, 3.05) is 7.11 Å². The van der Waals surface area contributed by atoms with Crippen LogP contribution in [0.1, 0.15) is 26.5 Å². The van der Waals surface area contributed by atoms with E-state index >= 15 is 0 Å². The maximum atomic E-state index is 12.0. The van der Waals surface area contributed by atoms with E-state index in [-0.39, 0.29) is 10.6 Å². The summed E-state index contributed by atoms with van der Waals surface area (Å²) >= 11 is 12.0. The molecule has 0 fully saturated rings. The summed E-state index contributed by atoms with van der Waals surface area (Å²) in [6.45, 7) is 0. The van der Waals surface area contributed by atoms with Crippen molar-refractivity contribution in [3.05, 3.63) is 81.5 Å². The van der Waals surface area contributed by atoms with Gasteiger partial charge in [-0.2, -0.15) is 5.10 Å². The lowest BCUT2D eigenvalue weighted by Gasteiger charge is -2.04. The number of nitrogens with zero attached hydrogens (tertiary/aromatic N) is 1. The van der Waals surface area contributed by atoms with Gasteiger partial charge in [0.25, 0.3) is 5.91 Å². The standard InChI is InChI=1S/C20H14Cl2N2O4/c1-27-20(26)15-10-12(6-8-17(15)22)18-9-7-13(28-18)11-23-24-19(25)14-4-2-3-5-16(14)21/h2-11H,1H3,(H,24,25)/b23-11-. The first-order valence-electron chi connectivity index (χ1n) is 8.05. The second kappa shape index (κ2) is 8.73. The number of rotatable bonds is 5. The summed E-state index contributed by atoms with van der Waals surface area (Å²) in [5.74, 6) is -0.0683. The molecule has 0 saturated carbocycles. The summed E-state index contributed by atoms with van der Waals surface area (Å²) in [7, 11) is 1.28. The number of methoxy groups -OCH3 is 1. The number of halogens is 2. The predicted octanol–water partition coefficient (Wildman–Crippen LogP) is 4.80. The molecule has 0 atom stereocenters. The molecule has 0 saturated heterocycles. The van der Waals surface area contributed by atoms with Crippen LogP contribution in [-0.4, -0.2) is 25.2 Å². The van der Waals surface area contributed by atoms with Crippen LogP contribution < -0.4 is 5.43 Å². The Hall–Kier alpha value is -3.09. The average molecular weight is 417 g/mol. The van der Waals surface area contributed by atoms with Crippen LogP contribution in [0.4, 0.5) is 0 Å². The number of carbonyl (C=O) groups excluding carboxylic acids is 2. The van der Waals surface area contributed by atoms with Crippen LogP contribution in [0.25, 0.3) is 11.3 Å². The molecule has 0 bridgehead atoms. The first kappa shape index (κ1) is 19.7. The molecule has 1 N–H and O–H groups in total. The van der Waals surface area contributed by atoms with Gasteiger partial charge in [-0.25, -0.2) is 10.2 Å². The Morgan fingerprint density at radius 3 is 2.54 bits per heavy atom. The normalized spacial score (nSPS) is 10.8. The number of hydrogen-bond acceptors (Lipinski definition) is 5. The maximum absolute atomic E-state index is 12.0. The fourth-order valence-electron chi connectivity index (χ4n) is 2.38. The van der Waals surface area contributed by atoms with Crippen molar-refractivity contribution < 1.29 is 18.7 Å². The SMILES string of the molecule is COC(=O)c1cc(-c2ccc(/C=N\NC(=O)c3ccccc3Cl)o2)ccc1Cl. The Kier molecular flexibility index (Phi) is 6.13. The third kappa shape index (κ3) is 4.42. The van der Waals surface area contributed by atoms with E-state index in [1.54, 1.807) is 54.6 Å². The van der Waals surface area contributed by atoms with Gasteiger partial charge in [0.1, 0.15) is 11.5 Å². The van der Waals surface area contributed by atoms with E-state index in [0.29, 0.717) is 27.7 Å². The molecule has 142 valence electrons. The Morgan fingerprint density at radius 2 is 1.79 bits per heavy atom. The molecule has 8 heteroatoms. The van der Waals surface area contributed by atoms with Gasteiger partial charge in [0.05, 0.1) is 34.5 Å². The molecule has 1 amide bonds. The lowest BCUT2D eigenvalue weighted by molar-refractivity contribution is 0.0601. The Bertz CT molecular complexity index is 1060. The van der Waals surface area contributed by atoms with Crippen LogP contribution in [0.3, 0.4) is 0 Å². The fourth-order valence-corrected chi connectivity index (χ4v) is 2.80. The van der Waals surface area contributed by atoms with Gasteiger partial charge in [0, 0.05) is 5.56 Å². The summed E-state index contributed by atoms with van der Waals surface area (Å²) in [5, 5.41) is 4.48. The van der Waals surface area contributed by atoms with Crippen molar-refractivity contribution in [1.29, 1.82) is 0 Å². The monoisotopic (exact) mass is 416 g/mol. The molecule has 0 aliphatic carbocycles. The number of furan rings is 1. The first-order valence-corrected chi connectivity index (χ1v) is 8.81. The molecule has 1 aromatic heterocycles. The lowest BCUT2D eigenvalue weighted by Crippen LogP contribution is -2.17. The van der Waals surface area contributed by atoms with Crippen molar-refractivity contribution in [3.8, 4) is 11.3 Å². The van der Waals surface area contributed by atoms with E-state index in [1.807, 2.05) is 0 Å². The highest BCUT2D eigenvalue weighted by molar-refractivity contribution is 6.34. The minimum Gasteiger partial charge on any atom is -0.465 e. The second-order valence-corrected chi connectivity index (χ2v) is 6.38. The quantitative estimate of drug-likeness (QED) is 0.367. The van der Waals surface area contributed by atoms with E-state index in [0.717, 1.165) is 0 Å². The number of hydrazone groups is 1. The van der Waals surface area contributed by atoms with Crippen molar-refractivity contribution >= 4 is 41.3 Å². The zero-order chi connectivity index (χ0) is 20.1. The van der Waals surface area contributed by atoms with Crippen LogP contribution in [-0.2, 0) is 4.74 Å². The summed E-state index contributed by atoms with van der Waals surface area (Å²) in [5.41, 5.74) is 3.58. The molecule has 2 aromatic carbocycles. The zero-order valence-corrected chi connectivity index (χ0v) is 16.1. The van der Waals surface area contributed by atoms with Gasteiger partial charge in [-0.05, 0) is 42.5 Å². The summed E-state index contributed by atoms with van der Waals surface area (Å²) in [6.07, 6.45) is 1.36. The Labute approximate surface area is 170 Å². The molecule has 0 aliphatic rings. The molecule has 1 heterocycles. The number of ether oxygens (including phenoxy) is 1. The number of amides is 1. The van der Waals surface area contributed by atoms with Gasteiger partial charge < -0.3 is 9.15 Å². The number of carbonyl (C=O) groups is 2.